The molecule has 1 aliphatic heterocycles. The summed E-state index contributed by atoms with van der Waals surface area (Å²) in [6.45, 7) is 6.11. The molecule has 1 fully saturated rings. The molecule has 5 heteroatoms. The average molecular weight is 234 g/mol. The summed E-state index contributed by atoms with van der Waals surface area (Å²) in [7, 11) is 0. The van der Waals surface area contributed by atoms with Gasteiger partial charge in [0, 0.05) is 12.7 Å². The minimum absolute atomic E-state index is 0.0814. The molecule has 2 N–H and O–H groups in total. The molecule has 1 saturated heterocycles. The number of aromatic nitrogens is 2. The molecule has 0 bridgehead atoms. The van der Waals surface area contributed by atoms with Crippen LogP contribution < -0.4 is 10.6 Å². The highest BCUT2D eigenvalue weighted by atomic mass is 16.1. The summed E-state index contributed by atoms with van der Waals surface area (Å²) in [4.78, 5) is 20.2. The second kappa shape index (κ2) is 5.23. The fourth-order valence-corrected chi connectivity index (χ4v) is 2.07. The molecule has 1 aromatic heterocycles. The van der Waals surface area contributed by atoms with Crippen LogP contribution in [0.1, 0.15) is 18.4 Å². The molecule has 1 aliphatic rings. The Balaban J connectivity index is 1.88. The molecule has 2 unspecified atom stereocenters. The number of nitrogens with one attached hydrogen (secondary N) is 2. The molecule has 0 spiro atoms. The van der Waals surface area contributed by atoms with Gasteiger partial charge in [0.25, 0.3) is 0 Å². The van der Waals surface area contributed by atoms with Crippen LogP contribution in [0.4, 0.5) is 0 Å². The van der Waals surface area contributed by atoms with Gasteiger partial charge in [0.2, 0.25) is 5.91 Å². The Labute approximate surface area is 101 Å². The molecule has 1 aromatic rings. The molecular weight excluding hydrogens is 216 g/mol. The molecule has 1 amide bonds. The summed E-state index contributed by atoms with van der Waals surface area (Å²) in [6.07, 6.45) is 1.71. The van der Waals surface area contributed by atoms with E-state index in [1.165, 1.54) is 0 Å². The van der Waals surface area contributed by atoms with Crippen LogP contribution in [0.3, 0.4) is 0 Å². The van der Waals surface area contributed by atoms with Crippen molar-refractivity contribution in [3.63, 3.8) is 0 Å². The largest absolute Gasteiger partial charge is 0.350 e. The smallest absolute Gasteiger partial charge is 0.225 e. The standard InChI is InChI=1S/C12H18N4O/c1-8-5-13-7-11(8)12(17)15-6-10-3-4-14-9(2)16-10/h3-4,8,11,13H,5-7H2,1-2H3,(H,15,17). The van der Waals surface area contributed by atoms with Gasteiger partial charge in [0.1, 0.15) is 5.82 Å². The van der Waals surface area contributed by atoms with Crippen molar-refractivity contribution in [1.82, 2.24) is 20.6 Å². The highest BCUT2D eigenvalue weighted by Crippen LogP contribution is 2.15. The summed E-state index contributed by atoms with van der Waals surface area (Å²) in [5.41, 5.74) is 0.851. The number of rotatable bonds is 3. The van der Waals surface area contributed by atoms with Crippen molar-refractivity contribution in [3.8, 4) is 0 Å². The second-order valence-corrected chi connectivity index (χ2v) is 4.56. The summed E-state index contributed by atoms with van der Waals surface area (Å²) in [6, 6.07) is 1.82. The first kappa shape index (κ1) is 12.0. The Morgan fingerprint density at radius 2 is 2.41 bits per heavy atom. The van der Waals surface area contributed by atoms with Crippen LogP contribution in [0, 0.1) is 18.8 Å². The number of amides is 1. The van der Waals surface area contributed by atoms with E-state index in [4.69, 9.17) is 0 Å². The van der Waals surface area contributed by atoms with E-state index in [1.54, 1.807) is 6.20 Å². The maximum atomic E-state index is 11.9. The Bertz CT molecular complexity index is 407. The van der Waals surface area contributed by atoms with Crippen molar-refractivity contribution in [3.05, 3.63) is 23.8 Å². The van der Waals surface area contributed by atoms with Gasteiger partial charge < -0.3 is 10.6 Å². The van der Waals surface area contributed by atoms with Crippen LogP contribution in [0.5, 0.6) is 0 Å². The van der Waals surface area contributed by atoms with Crippen molar-refractivity contribution in [2.45, 2.75) is 20.4 Å². The minimum Gasteiger partial charge on any atom is -0.350 e. The van der Waals surface area contributed by atoms with Crippen LogP contribution in [0.25, 0.3) is 0 Å². The fourth-order valence-electron chi connectivity index (χ4n) is 2.07. The zero-order chi connectivity index (χ0) is 12.3. The van der Waals surface area contributed by atoms with Gasteiger partial charge in [0.15, 0.2) is 0 Å². The number of hydrogen-bond donors (Lipinski definition) is 2. The lowest BCUT2D eigenvalue weighted by molar-refractivity contribution is -0.125. The van der Waals surface area contributed by atoms with Gasteiger partial charge in [0.05, 0.1) is 18.2 Å². The normalized spacial score (nSPS) is 23.6. The molecule has 2 heterocycles. The van der Waals surface area contributed by atoms with E-state index in [2.05, 4.69) is 27.5 Å². The van der Waals surface area contributed by atoms with Crippen molar-refractivity contribution in [1.29, 1.82) is 0 Å². The molecule has 0 aromatic carbocycles. The topological polar surface area (TPSA) is 66.9 Å². The molecule has 0 radical (unpaired) electrons. The quantitative estimate of drug-likeness (QED) is 0.787. The highest BCUT2D eigenvalue weighted by Gasteiger charge is 2.29. The van der Waals surface area contributed by atoms with Crippen molar-refractivity contribution in [2.75, 3.05) is 13.1 Å². The lowest BCUT2D eigenvalue weighted by Gasteiger charge is -2.13. The summed E-state index contributed by atoms with van der Waals surface area (Å²) < 4.78 is 0. The van der Waals surface area contributed by atoms with E-state index in [0.29, 0.717) is 12.5 Å². The number of carbonyl (C=O) groups is 1. The Hall–Kier alpha value is -1.49. The van der Waals surface area contributed by atoms with Crippen LogP contribution >= 0.6 is 0 Å². The monoisotopic (exact) mass is 234 g/mol. The first-order valence-corrected chi connectivity index (χ1v) is 5.94. The van der Waals surface area contributed by atoms with E-state index in [1.807, 2.05) is 13.0 Å². The SMILES string of the molecule is Cc1nccc(CNC(=O)C2CNCC2C)n1. The molecule has 92 valence electrons. The molecule has 5 nitrogen and oxygen atoms in total. The van der Waals surface area contributed by atoms with Crippen LogP contribution in [-0.4, -0.2) is 29.0 Å². The van der Waals surface area contributed by atoms with Crippen molar-refractivity contribution < 1.29 is 4.79 Å². The first-order valence-electron chi connectivity index (χ1n) is 5.94. The van der Waals surface area contributed by atoms with Gasteiger partial charge in [-0.3, -0.25) is 4.79 Å². The van der Waals surface area contributed by atoms with Gasteiger partial charge in [-0.05, 0) is 25.5 Å². The first-order chi connectivity index (χ1) is 8.16. The summed E-state index contributed by atoms with van der Waals surface area (Å²) in [5.74, 6) is 1.33. The van der Waals surface area contributed by atoms with E-state index in [0.717, 1.165) is 24.6 Å². The third-order valence-electron chi connectivity index (χ3n) is 3.13. The predicted molar refractivity (Wildman–Crippen MR) is 64.1 cm³/mol. The van der Waals surface area contributed by atoms with Gasteiger partial charge in [-0.25, -0.2) is 9.97 Å². The predicted octanol–water partition coefficient (Wildman–Crippen LogP) is 0.257. The zero-order valence-electron chi connectivity index (χ0n) is 10.2. The third kappa shape index (κ3) is 3.00. The van der Waals surface area contributed by atoms with Crippen LogP contribution in [0.15, 0.2) is 12.3 Å². The molecular formula is C12H18N4O. The molecule has 0 aliphatic carbocycles. The molecule has 2 rings (SSSR count). The van der Waals surface area contributed by atoms with Crippen LogP contribution in [-0.2, 0) is 11.3 Å². The zero-order valence-corrected chi connectivity index (χ0v) is 10.2. The highest BCUT2D eigenvalue weighted by molar-refractivity contribution is 5.79. The van der Waals surface area contributed by atoms with E-state index in [-0.39, 0.29) is 11.8 Å². The number of carbonyl (C=O) groups excluding carboxylic acids is 1. The third-order valence-corrected chi connectivity index (χ3v) is 3.13. The van der Waals surface area contributed by atoms with Gasteiger partial charge in [-0.1, -0.05) is 6.92 Å². The molecule has 17 heavy (non-hydrogen) atoms. The Morgan fingerprint density at radius 1 is 1.59 bits per heavy atom. The number of hydrogen-bond acceptors (Lipinski definition) is 4. The second-order valence-electron chi connectivity index (χ2n) is 4.56. The lowest BCUT2D eigenvalue weighted by Crippen LogP contribution is -2.34. The van der Waals surface area contributed by atoms with Gasteiger partial charge >= 0.3 is 0 Å². The molecule has 0 saturated carbocycles. The summed E-state index contributed by atoms with van der Waals surface area (Å²) >= 11 is 0. The van der Waals surface area contributed by atoms with Gasteiger partial charge in [-0.15, -0.1) is 0 Å². The fraction of sp³-hybridized carbons (Fsp3) is 0.583. The molecule has 2 atom stereocenters. The minimum atomic E-state index is 0.0814. The lowest BCUT2D eigenvalue weighted by atomic mass is 9.97. The average Bonchev–Trinajstić information content (AvgIpc) is 2.72. The maximum absolute atomic E-state index is 11.9. The van der Waals surface area contributed by atoms with Crippen LogP contribution in [0.2, 0.25) is 0 Å². The Morgan fingerprint density at radius 3 is 3.06 bits per heavy atom. The van der Waals surface area contributed by atoms with Crippen molar-refractivity contribution >= 4 is 5.91 Å². The van der Waals surface area contributed by atoms with E-state index >= 15 is 0 Å². The van der Waals surface area contributed by atoms with Gasteiger partial charge in [-0.2, -0.15) is 0 Å². The number of aryl methyl sites for hydroxylation is 1. The maximum Gasteiger partial charge on any atom is 0.225 e. The van der Waals surface area contributed by atoms with E-state index < -0.39 is 0 Å². The van der Waals surface area contributed by atoms with Crippen molar-refractivity contribution in [2.24, 2.45) is 11.8 Å². The Kier molecular flexibility index (Phi) is 3.68. The number of nitrogens with zero attached hydrogens (tertiary/aromatic N) is 2. The summed E-state index contributed by atoms with van der Waals surface area (Å²) in [5, 5.41) is 6.15. The van der Waals surface area contributed by atoms with E-state index in [9.17, 15) is 4.79 Å².